The van der Waals surface area contributed by atoms with E-state index in [9.17, 15) is 0 Å². The molecule has 2 aromatic rings. The molecule has 5 heteroatoms. The number of aromatic nitrogens is 2. The Labute approximate surface area is 114 Å². The van der Waals surface area contributed by atoms with E-state index < -0.39 is 18.3 Å². The highest BCUT2D eigenvalue weighted by molar-refractivity contribution is 6.64. The van der Waals surface area contributed by atoms with Crippen LogP contribution in [0.3, 0.4) is 0 Å². The molecule has 94 valence electrons. The predicted molar refractivity (Wildman–Crippen MR) is 70.9 cm³/mol. The van der Waals surface area contributed by atoms with Gasteiger partial charge in [0.25, 0.3) is 0 Å². The summed E-state index contributed by atoms with van der Waals surface area (Å²) in [6, 6.07) is -0.584. The van der Waals surface area contributed by atoms with Crippen molar-refractivity contribution in [1.29, 1.82) is 0 Å². The molecule has 3 heterocycles. The van der Waals surface area contributed by atoms with E-state index >= 15 is 0 Å². The number of pyridine rings is 1. The summed E-state index contributed by atoms with van der Waals surface area (Å²) in [7, 11) is -0.944. The second kappa shape index (κ2) is 3.59. The second-order valence-electron chi connectivity index (χ2n) is 5.36. The van der Waals surface area contributed by atoms with Crippen LogP contribution in [0.2, 0.25) is 0 Å². The van der Waals surface area contributed by atoms with Crippen LogP contribution < -0.4 is 5.46 Å². The molecule has 1 saturated heterocycles. The minimum atomic E-state index is -0.944. The van der Waals surface area contributed by atoms with Gasteiger partial charge >= 0.3 is 7.12 Å². The van der Waals surface area contributed by atoms with Crippen molar-refractivity contribution < 1.29 is 16.2 Å². The van der Waals surface area contributed by atoms with E-state index in [1.165, 1.54) is 0 Å². The Morgan fingerprint density at radius 2 is 1.89 bits per heavy atom. The molecule has 1 aliphatic heterocycles. The average molecular weight is 249 g/mol. The summed E-state index contributed by atoms with van der Waals surface area (Å²) in [5, 5.41) is 0. The summed E-state index contributed by atoms with van der Waals surface area (Å²) in [6.07, 6.45) is -0.959. The van der Waals surface area contributed by atoms with Crippen molar-refractivity contribution in [3.63, 3.8) is 0 Å². The summed E-state index contributed by atoms with van der Waals surface area (Å²) in [6.45, 7) is 7.47. The summed E-state index contributed by atoms with van der Waals surface area (Å²) < 4.78 is 52.6. The standard InChI is InChI=1S/C13H17BN2O2/c1-12(2)13(3,4)18-14(17-12)10-6-5-8-16-9-7-15-11(10)16/h5-9H,1-4H3/i5D,6D,7D,8D,9D. The lowest BCUT2D eigenvalue weighted by atomic mass is 9.80. The SMILES string of the molecule is [2H]c1nc2c(B3OC(C)(C)C(C)(C)O3)c([2H])c([2H])c([2H])n2c1[2H]. The van der Waals surface area contributed by atoms with Gasteiger partial charge in [-0.05, 0) is 33.7 Å². The highest BCUT2D eigenvalue weighted by atomic mass is 16.7. The molecule has 18 heavy (non-hydrogen) atoms. The Kier molecular flexibility index (Phi) is 1.46. The van der Waals surface area contributed by atoms with Crippen molar-refractivity contribution in [3.05, 3.63) is 30.6 Å². The molecule has 0 saturated carbocycles. The first-order chi connectivity index (χ1) is 10.5. The number of nitrogens with zero attached hydrogens (tertiary/aromatic N) is 2. The van der Waals surface area contributed by atoms with Crippen LogP contribution in [-0.4, -0.2) is 27.7 Å². The molecule has 0 aromatic carbocycles. The van der Waals surface area contributed by atoms with Crippen molar-refractivity contribution in [3.8, 4) is 0 Å². The molecule has 0 spiro atoms. The zero-order valence-electron chi connectivity index (χ0n) is 15.8. The summed E-state index contributed by atoms with van der Waals surface area (Å²) in [5.41, 5.74) is -1.01. The number of rotatable bonds is 1. The fourth-order valence-corrected chi connectivity index (χ4v) is 1.82. The minimum Gasteiger partial charge on any atom is -0.399 e. The largest absolute Gasteiger partial charge is 0.498 e. The van der Waals surface area contributed by atoms with Gasteiger partial charge in [-0.15, -0.1) is 0 Å². The van der Waals surface area contributed by atoms with Crippen LogP contribution in [0.5, 0.6) is 0 Å². The number of hydrogen-bond donors (Lipinski definition) is 0. The number of fused-ring (bicyclic) bond motifs is 1. The minimum absolute atomic E-state index is 0.0875. The molecule has 3 rings (SSSR count). The van der Waals surface area contributed by atoms with Crippen molar-refractivity contribution in [2.75, 3.05) is 0 Å². The lowest BCUT2D eigenvalue weighted by Crippen LogP contribution is -2.41. The third-order valence-corrected chi connectivity index (χ3v) is 3.63. The quantitative estimate of drug-likeness (QED) is 0.721. The van der Waals surface area contributed by atoms with Gasteiger partial charge in [0, 0.05) is 24.0 Å². The van der Waals surface area contributed by atoms with Gasteiger partial charge < -0.3 is 13.7 Å². The van der Waals surface area contributed by atoms with Crippen LogP contribution in [0.15, 0.2) is 30.6 Å². The van der Waals surface area contributed by atoms with Crippen LogP contribution in [0.1, 0.15) is 34.5 Å². The average Bonchev–Trinajstić information content (AvgIpc) is 2.82. The first kappa shape index (κ1) is 7.31. The van der Waals surface area contributed by atoms with Crippen LogP contribution in [0.4, 0.5) is 0 Å². The number of imidazole rings is 1. The molecule has 0 N–H and O–H groups in total. The Bertz CT molecular complexity index is 805. The van der Waals surface area contributed by atoms with E-state index in [4.69, 9.17) is 16.2 Å². The zero-order valence-corrected chi connectivity index (χ0v) is 10.8. The summed E-state index contributed by atoms with van der Waals surface area (Å²) >= 11 is 0. The highest BCUT2D eigenvalue weighted by Gasteiger charge is 2.52. The zero-order chi connectivity index (χ0) is 17.3. The molecule has 0 bridgehead atoms. The molecule has 1 fully saturated rings. The Hall–Kier alpha value is -1.33. The maximum atomic E-state index is 8.18. The fraction of sp³-hybridized carbons (Fsp3) is 0.462. The van der Waals surface area contributed by atoms with Crippen LogP contribution in [0.25, 0.3) is 5.65 Å². The van der Waals surface area contributed by atoms with Gasteiger partial charge in [0.1, 0.15) is 5.65 Å². The lowest BCUT2D eigenvalue weighted by Gasteiger charge is -2.32. The van der Waals surface area contributed by atoms with Crippen LogP contribution >= 0.6 is 0 Å². The maximum absolute atomic E-state index is 8.18. The molecule has 1 aliphatic rings. The van der Waals surface area contributed by atoms with E-state index in [-0.39, 0.29) is 41.7 Å². The van der Waals surface area contributed by atoms with E-state index in [1.807, 2.05) is 27.7 Å². The molecule has 0 atom stereocenters. The third kappa shape index (κ3) is 1.58. The molecular formula is C13H17BN2O2. The normalized spacial score (nSPS) is 25.6. The first-order valence-corrected chi connectivity index (χ1v) is 5.79. The van der Waals surface area contributed by atoms with Gasteiger partial charge in [-0.1, -0.05) is 6.04 Å². The molecule has 0 aliphatic carbocycles. The lowest BCUT2D eigenvalue weighted by molar-refractivity contribution is 0.00578. The van der Waals surface area contributed by atoms with Crippen molar-refractivity contribution in [1.82, 2.24) is 9.38 Å². The molecule has 4 nitrogen and oxygen atoms in total. The molecule has 2 aromatic heterocycles. The van der Waals surface area contributed by atoms with Gasteiger partial charge in [0.15, 0.2) is 0 Å². The van der Waals surface area contributed by atoms with Crippen LogP contribution in [-0.2, 0) is 9.31 Å². The fourth-order valence-electron chi connectivity index (χ4n) is 1.82. The summed E-state index contributed by atoms with van der Waals surface area (Å²) in [4.78, 5) is 3.97. The van der Waals surface area contributed by atoms with Crippen LogP contribution in [0, 0.1) is 0 Å². The smallest absolute Gasteiger partial charge is 0.399 e. The Morgan fingerprint density at radius 1 is 1.22 bits per heavy atom. The Balaban J connectivity index is 2.29. The topological polar surface area (TPSA) is 35.8 Å². The van der Waals surface area contributed by atoms with E-state index in [2.05, 4.69) is 4.98 Å². The van der Waals surface area contributed by atoms with Gasteiger partial charge in [0.2, 0.25) is 0 Å². The van der Waals surface area contributed by atoms with Gasteiger partial charge in [-0.2, -0.15) is 0 Å². The van der Waals surface area contributed by atoms with Gasteiger partial charge in [-0.25, -0.2) is 4.98 Å². The number of hydrogen-bond acceptors (Lipinski definition) is 3. The second-order valence-corrected chi connectivity index (χ2v) is 5.36. The first-order valence-electron chi connectivity index (χ1n) is 8.29. The van der Waals surface area contributed by atoms with Crippen molar-refractivity contribution >= 4 is 18.2 Å². The van der Waals surface area contributed by atoms with E-state index in [1.54, 1.807) is 0 Å². The molecule has 0 amide bonds. The summed E-state index contributed by atoms with van der Waals surface area (Å²) in [5.74, 6) is 0. The third-order valence-electron chi connectivity index (χ3n) is 3.63. The highest BCUT2D eigenvalue weighted by Crippen LogP contribution is 2.36. The van der Waals surface area contributed by atoms with Crippen molar-refractivity contribution in [2.45, 2.75) is 38.9 Å². The van der Waals surface area contributed by atoms with Gasteiger partial charge in [-0.3, -0.25) is 0 Å². The van der Waals surface area contributed by atoms with E-state index in [0.29, 0.717) is 0 Å². The maximum Gasteiger partial charge on any atom is 0.498 e. The van der Waals surface area contributed by atoms with Crippen molar-refractivity contribution in [2.24, 2.45) is 0 Å². The Morgan fingerprint density at radius 3 is 2.56 bits per heavy atom. The molecular weight excluding hydrogens is 227 g/mol. The predicted octanol–water partition coefficient (Wildman–Crippen LogP) is 1.63. The monoisotopic (exact) mass is 249 g/mol. The molecule has 0 radical (unpaired) electrons. The van der Waals surface area contributed by atoms with Gasteiger partial charge in [0.05, 0.1) is 18.1 Å². The van der Waals surface area contributed by atoms with E-state index in [0.717, 1.165) is 4.40 Å². The molecule has 0 unspecified atom stereocenters.